The van der Waals surface area contributed by atoms with Crippen molar-refractivity contribution in [2.24, 2.45) is 0 Å². The fourth-order valence-corrected chi connectivity index (χ4v) is 4.57. The van der Waals surface area contributed by atoms with Crippen molar-refractivity contribution in [3.8, 4) is 0 Å². The van der Waals surface area contributed by atoms with E-state index in [1.165, 1.54) is 16.4 Å². The lowest BCUT2D eigenvalue weighted by Gasteiger charge is -2.33. The van der Waals surface area contributed by atoms with Crippen LogP contribution in [0.4, 0.5) is 10.1 Å². The van der Waals surface area contributed by atoms with Crippen molar-refractivity contribution in [3.05, 3.63) is 22.4 Å². The van der Waals surface area contributed by atoms with Gasteiger partial charge in [0.15, 0.2) is 5.82 Å². The maximum Gasteiger partial charge on any atom is 0.246 e. The van der Waals surface area contributed by atoms with Crippen LogP contribution < -0.4 is 5.73 Å². The lowest BCUT2D eigenvalue weighted by molar-refractivity contribution is 0.188. The van der Waals surface area contributed by atoms with Gasteiger partial charge >= 0.3 is 0 Å². The molecule has 1 fully saturated rings. The second kappa shape index (κ2) is 6.60. The first-order chi connectivity index (χ1) is 9.86. The molecule has 2 rings (SSSR count). The number of halogens is 2. The average molecular weight is 380 g/mol. The quantitative estimate of drug-likeness (QED) is 0.811. The van der Waals surface area contributed by atoms with Crippen LogP contribution in [0.2, 0.25) is 0 Å². The van der Waals surface area contributed by atoms with Gasteiger partial charge in [0, 0.05) is 31.9 Å². The second-order valence-corrected chi connectivity index (χ2v) is 7.82. The maximum absolute atomic E-state index is 14.1. The molecule has 0 radical (unpaired) electrons. The molecule has 8 heteroatoms. The van der Waals surface area contributed by atoms with Gasteiger partial charge in [0.2, 0.25) is 10.0 Å². The first kappa shape index (κ1) is 16.7. The van der Waals surface area contributed by atoms with Gasteiger partial charge in [0.25, 0.3) is 0 Å². The zero-order valence-electron chi connectivity index (χ0n) is 11.8. The molecule has 1 aromatic carbocycles. The van der Waals surface area contributed by atoms with E-state index in [1.54, 1.807) is 0 Å². The summed E-state index contributed by atoms with van der Waals surface area (Å²) in [5, 5.41) is 0. The summed E-state index contributed by atoms with van der Waals surface area (Å²) in [6.45, 7) is 5.10. The number of anilines is 1. The molecule has 0 spiro atoms. The summed E-state index contributed by atoms with van der Waals surface area (Å²) >= 11 is 3.00. The number of nitrogens with zero attached hydrogens (tertiary/aromatic N) is 2. The summed E-state index contributed by atoms with van der Waals surface area (Å²) in [6, 6.07) is 2.53. The molecule has 118 valence electrons. The van der Waals surface area contributed by atoms with E-state index in [0.29, 0.717) is 26.2 Å². The van der Waals surface area contributed by atoms with Gasteiger partial charge in [-0.2, -0.15) is 4.31 Å². The highest BCUT2D eigenvalue weighted by Crippen LogP contribution is 2.28. The van der Waals surface area contributed by atoms with E-state index in [-0.39, 0.29) is 15.1 Å². The van der Waals surface area contributed by atoms with Crippen LogP contribution in [0.25, 0.3) is 0 Å². The minimum atomic E-state index is -3.85. The average Bonchev–Trinajstić information content (AvgIpc) is 2.43. The summed E-state index contributed by atoms with van der Waals surface area (Å²) in [7, 11) is -3.85. The van der Waals surface area contributed by atoms with E-state index >= 15 is 0 Å². The van der Waals surface area contributed by atoms with Crippen LogP contribution >= 0.6 is 15.9 Å². The molecule has 1 aliphatic rings. The largest absolute Gasteiger partial charge is 0.399 e. The van der Waals surface area contributed by atoms with Crippen molar-refractivity contribution in [1.29, 1.82) is 0 Å². The van der Waals surface area contributed by atoms with Crippen molar-refractivity contribution < 1.29 is 12.8 Å². The highest BCUT2D eigenvalue weighted by Gasteiger charge is 2.31. The highest BCUT2D eigenvalue weighted by molar-refractivity contribution is 9.10. The van der Waals surface area contributed by atoms with Gasteiger partial charge in [-0.1, -0.05) is 6.92 Å². The normalized spacial score (nSPS) is 18.0. The van der Waals surface area contributed by atoms with Crippen molar-refractivity contribution in [3.63, 3.8) is 0 Å². The van der Waals surface area contributed by atoms with Crippen LogP contribution in [0.15, 0.2) is 21.5 Å². The number of nitrogens with two attached hydrogens (primary N) is 1. The number of benzene rings is 1. The molecule has 0 unspecified atom stereocenters. The molecular weight excluding hydrogens is 361 g/mol. The van der Waals surface area contributed by atoms with Crippen LogP contribution in [0, 0.1) is 5.82 Å². The van der Waals surface area contributed by atoms with Gasteiger partial charge in [-0.3, -0.25) is 0 Å². The van der Waals surface area contributed by atoms with E-state index in [9.17, 15) is 12.8 Å². The summed E-state index contributed by atoms with van der Waals surface area (Å²) in [5.41, 5.74) is 5.84. The van der Waals surface area contributed by atoms with Gasteiger partial charge < -0.3 is 10.6 Å². The van der Waals surface area contributed by atoms with Crippen LogP contribution in [-0.2, 0) is 10.0 Å². The highest BCUT2D eigenvalue weighted by atomic mass is 79.9. The van der Waals surface area contributed by atoms with Gasteiger partial charge in [-0.05, 0) is 41.0 Å². The fraction of sp³-hybridized carbons (Fsp3) is 0.538. The molecule has 0 atom stereocenters. The lowest BCUT2D eigenvalue weighted by atomic mass is 10.3. The zero-order chi connectivity index (χ0) is 15.6. The molecule has 21 heavy (non-hydrogen) atoms. The molecule has 0 bridgehead atoms. The van der Waals surface area contributed by atoms with Gasteiger partial charge in [-0.15, -0.1) is 0 Å². The molecule has 0 aliphatic carbocycles. The predicted octanol–water partition coefficient (Wildman–Crippen LogP) is 1.89. The van der Waals surface area contributed by atoms with E-state index in [0.717, 1.165) is 13.0 Å². The molecule has 1 aromatic rings. The topological polar surface area (TPSA) is 66.6 Å². The minimum absolute atomic E-state index is 0.0608. The van der Waals surface area contributed by atoms with E-state index in [4.69, 9.17) is 5.73 Å². The molecule has 1 saturated heterocycles. The molecule has 1 aliphatic heterocycles. The first-order valence-corrected chi connectivity index (χ1v) is 9.06. The number of hydrogen-bond donors (Lipinski definition) is 1. The Kier molecular flexibility index (Phi) is 5.24. The van der Waals surface area contributed by atoms with Crippen molar-refractivity contribution in [1.82, 2.24) is 9.21 Å². The third-order valence-corrected chi connectivity index (χ3v) is 5.98. The number of sulfonamides is 1. The Labute approximate surface area is 133 Å². The van der Waals surface area contributed by atoms with Crippen LogP contribution in [0.3, 0.4) is 0 Å². The Morgan fingerprint density at radius 3 is 2.48 bits per heavy atom. The van der Waals surface area contributed by atoms with Gasteiger partial charge in [0.05, 0.1) is 4.47 Å². The van der Waals surface area contributed by atoms with E-state index in [1.807, 2.05) is 0 Å². The monoisotopic (exact) mass is 379 g/mol. The Bertz CT molecular complexity index is 616. The number of nitrogen functional groups attached to an aromatic ring is 1. The number of rotatable bonds is 4. The molecule has 0 amide bonds. The van der Waals surface area contributed by atoms with E-state index < -0.39 is 15.8 Å². The zero-order valence-corrected chi connectivity index (χ0v) is 14.3. The van der Waals surface area contributed by atoms with Crippen LogP contribution in [-0.4, -0.2) is 50.3 Å². The Morgan fingerprint density at radius 2 is 1.90 bits per heavy atom. The molecule has 5 nitrogen and oxygen atoms in total. The third-order valence-electron chi connectivity index (χ3n) is 3.51. The van der Waals surface area contributed by atoms with Crippen LogP contribution in [0.5, 0.6) is 0 Å². The maximum atomic E-state index is 14.1. The Morgan fingerprint density at radius 1 is 1.29 bits per heavy atom. The van der Waals surface area contributed by atoms with E-state index in [2.05, 4.69) is 27.8 Å². The molecule has 0 aromatic heterocycles. The number of piperazine rings is 1. The third kappa shape index (κ3) is 3.56. The summed E-state index contributed by atoms with van der Waals surface area (Å²) in [6.07, 6.45) is 1.03. The summed E-state index contributed by atoms with van der Waals surface area (Å²) in [5.74, 6) is -0.791. The molecule has 2 N–H and O–H groups in total. The van der Waals surface area contributed by atoms with Gasteiger partial charge in [-0.25, -0.2) is 12.8 Å². The molecular formula is C13H19BrFN3O2S. The standard InChI is InChI=1S/C13H19BrFN3O2S/c1-2-3-17-4-6-18(7-5-17)21(19,20)12-9-10(16)8-11(14)13(12)15/h8-9H,2-7,16H2,1H3. The summed E-state index contributed by atoms with van der Waals surface area (Å²) < 4.78 is 40.6. The molecule has 1 heterocycles. The predicted molar refractivity (Wildman–Crippen MR) is 84.0 cm³/mol. The second-order valence-electron chi connectivity index (χ2n) is 5.06. The fourth-order valence-electron chi connectivity index (χ4n) is 2.42. The van der Waals surface area contributed by atoms with Crippen LogP contribution in [0.1, 0.15) is 13.3 Å². The first-order valence-electron chi connectivity index (χ1n) is 6.83. The lowest BCUT2D eigenvalue weighted by Crippen LogP contribution is -2.48. The minimum Gasteiger partial charge on any atom is -0.399 e. The smallest absolute Gasteiger partial charge is 0.246 e. The summed E-state index contributed by atoms with van der Waals surface area (Å²) in [4.78, 5) is 1.84. The Hall–Kier alpha value is -0.700. The number of hydrogen-bond acceptors (Lipinski definition) is 4. The van der Waals surface area contributed by atoms with Crippen molar-refractivity contribution in [2.75, 3.05) is 38.5 Å². The van der Waals surface area contributed by atoms with Gasteiger partial charge in [0.1, 0.15) is 4.90 Å². The van der Waals surface area contributed by atoms with Crippen molar-refractivity contribution in [2.45, 2.75) is 18.2 Å². The molecule has 0 saturated carbocycles. The van der Waals surface area contributed by atoms with Crippen molar-refractivity contribution >= 4 is 31.6 Å². The Balaban J connectivity index is 2.24. The SMILES string of the molecule is CCCN1CCN(S(=O)(=O)c2cc(N)cc(Br)c2F)CC1.